The summed E-state index contributed by atoms with van der Waals surface area (Å²) in [6.45, 7) is 5.82. The van der Waals surface area contributed by atoms with Crippen molar-refractivity contribution in [3.05, 3.63) is 35.1 Å². The number of benzene rings is 1. The summed E-state index contributed by atoms with van der Waals surface area (Å²) in [6, 6.07) is 4.64. The number of carboxylic acid groups (broad SMARTS) is 1. The Morgan fingerprint density at radius 1 is 1.33 bits per heavy atom. The Hall–Kier alpha value is -1.91. The summed E-state index contributed by atoms with van der Waals surface area (Å²) >= 11 is 0. The Morgan fingerprint density at radius 2 is 2.00 bits per heavy atom. The summed E-state index contributed by atoms with van der Waals surface area (Å²) in [7, 11) is 0. The average molecular weight is 295 g/mol. The monoisotopic (exact) mass is 295 g/mol. The summed E-state index contributed by atoms with van der Waals surface area (Å²) in [4.78, 5) is 22.8. The van der Waals surface area contributed by atoms with Gasteiger partial charge in [0.2, 0.25) is 0 Å². The molecule has 1 aromatic rings. The molecule has 2 N–H and O–H groups in total. The smallest absolute Gasteiger partial charge is 0.303 e. The Balaban J connectivity index is 2.68. The molecule has 0 bridgehead atoms. The Morgan fingerprint density at radius 3 is 2.57 bits per heavy atom. The van der Waals surface area contributed by atoms with Crippen LogP contribution in [-0.2, 0) is 4.79 Å². The summed E-state index contributed by atoms with van der Waals surface area (Å²) in [5.74, 6) is -1.75. The molecule has 0 aromatic heterocycles. The van der Waals surface area contributed by atoms with Crippen LogP contribution in [0.5, 0.6) is 0 Å². The lowest BCUT2D eigenvalue weighted by Crippen LogP contribution is -2.31. The van der Waals surface area contributed by atoms with Gasteiger partial charge in [-0.15, -0.1) is 0 Å². The van der Waals surface area contributed by atoms with Crippen LogP contribution in [0.4, 0.5) is 4.39 Å². The molecule has 0 aliphatic rings. The molecule has 21 heavy (non-hydrogen) atoms. The van der Waals surface area contributed by atoms with Gasteiger partial charge in [0, 0.05) is 13.0 Å². The molecule has 0 aliphatic heterocycles. The number of carboxylic acids is 1. The predicted octanol–water partition coefficient (Wildman–Crippen LogP) is 3.00. The van der Waals surface area contributed by atoms with E-state index in [4.69, 9.17) is 5.11 Å². The Labute approximate surface area is 124 Å². The molecular formula is C16H22FNO3. The maximum atomic E-state index is 13.8. The molecule has 1 atom stereocenters. The molecule has 0 saturated heterocycles. The van der Waals surface area contributed by atoms with Crippen molar-refractivity contribution in [1.29, 1.82) is 0 Å². The van der Waals surface area contributed by atoms with E-state index in [-0.39, 0.29) is 24.4 Å². The lowest BCUT2D eigenvalue weighted by Gasteiger charge is -2.18. The molecule has 4 nitrogen and oxygen atoms in total. The number of hydrogen-bond donors (Lipinski definition) is 2. The number of rotatable bonds is 7. The van der Waals surface area contributed by atoms with Gasteiger partial charge in [-0.3, -0.25) is 9.59 Å². The first-order valence-electron chi connectivity index (χ1n) is 7.06. The first-order chi connectivity index (χ1) is 9.81. The van der Waals surface area contributed by atoms with E-state index in [1.165, 1.54) is 6.07 Å². The SMILES string of the molecule is Cc1cccc(C(=O)NCC(CC(=O)O)CC(C)C)c1F. The van der Waals surface area contributed by atoms with Crippen molar-refractivity contribution in [3.63, 3.8) is 0 Å². The molecule has 0 spiro atoms. The van der Waals surface area contributed by atoms with Crippen LogP contribution in [0.3, 0.4) is 0 Å². The molecule has 0 fully saturated rings. The topological polar surface area (TPSA) is 66.4 Å². The van der Waals surface area contributed by atoms with E-state index in [1.54, 1.807) is 19.1 Å². The fourth-order valence-corrected chi connectivity index (χ4v) is 2.31. The number of carbonyl (C=O) groups excluding carboxylic acids is 1. The van der Waals surface area contributed by atoms with Gasteiger partial charge in [0.1, 0.15) is 5.82 Å². The van der Waals surface area contributed by atoms with Gasteiger partial charge in [-0.1, -0.05) is 26.0 Å². The molecule has 0 radical (unpaired) electrons. The number of halogens is 1. The van der Waals surface area contributed by atoms with E-state index in [9.17, 15) is 14.0 Å². The molecule has 1 unspecified atom stereocenters. The second-order valence-corrected chi connectivity index (χ2v) is 5.74. The van der Waals surface area contributed by atoms with Gasteiger partial charge in [0.25, 0.3) is 5.91 Å². The number of nitrogens with one attached hydrogen (secondary N) is 1. The molecular weight excluding hydrogens is 273 g/mol. The standard InChI is InChI=1S/C16H22FNO3/c1-10(2)7-12(8-14(19)20)9-18-16(21)13-6-4-5-11(3)15(13)17/h4-6,10,12H,7-9H2,1-3H3,(H,18,21)(H,19,20). The van der Waals surface area contributed by atoms with Crippen LogP contribution < -0.4 is 5.32 Å². The lowest BCUT2D eigenvalue weighted by molar-refractivity contribution is -0.138. The minimum absolute atomic E-state index is 0.00520. The van der Waals surface area contributed by atoms with E-state index >= 15 is 0 Å². The average Bonchev–Trinajstić information content (AvgIpc) is 2.37. The van der Waals surface area contributed by atoms with Crippen LogP contribution in [0.15, 0.2) is 18.2 Å². The second-order valence-electron chi connectivity index (χ2n) is 5.74. The van der Waals surface area contributed by atoms with Crippen LogP contribution in [0.2, 0.25) is 0 Å². The number of hydrogen-bond acceptors (Lipinski definition) is 2. The van der Waals surface area contributed by atoms with Crippen molar-refractivity contribution in [2.45, 2.75) is 33.6 Å². The summed E-state index contributed by atoms with van der Waals surface area (Å²) < 4.78 is 13.8. The highest BCUT2D eigenvalue weighted by Gasteiger charge is 2.18. The fraction of sp³-hybridized carbons (Fsp3) is 0.500. The number of carbonyl (C=O) groups is 2. The van der Waals surface area contributed by atoms with Crippen LogP contribution in [0.25, 0.3) is 0 Å². The van der Waals surface area contributed by atoms with Gasteiger partial charge in [0.05, 0.1) is 5.56 Å². The van der Waals surface area contributed by atoms with Gasteiger partial charge in [-0.05, 0) is 36.8 Å². The molecule has 0 saturated carbocycles. The normalized spacial score (nSPS) is 12.2. The molecule has 1 amide bonds. The molecule has 5 heteroatoms. The lowest BCUT2D eigenvalue weighted by atomic mass is 9.94. The maximum absolute atomic E-state index is 13.8. The van der Waals surface area contributed by atoms with Crippen molar-refractivity contribution < 1.29 is 19.1 Å². The molecule has 0 heterocycles. The van der Waals surface area contributed by atoms with Crippen LogP contribution >= 0.6 is 0 Å². The minimum Gasteiger partial charge on any atom is -0.481 e. The Bertz CT molecular complexity index is 514. The zero-order valence-electron chi connectivity index (χ0n) is 12.6. The van der Waals surface area contributed by atoms with Gasteiger partial charge >= 0.3 is 5.97 Å². The molecule has 1 aromatic carbocycles. The zero-order chi connectivity index (χ0) is 16.0. The minimum atomic E-state index is -0.892. The third-order valence-electron chi connectivity index (χ3n) is 3.26. The molecule has 0 aliphatic carbocycles. The summed E-state index contributed by atoms with van der Waals surface area (Å²) in [6.07, 6.45) is 0.692. The highest BCUT2D eigenvalue weighted by molar-refractivity contribution is 5.94. The summed E-state index contributed by atoms with van der Waals surface area (Å²) in [5.41, 5.74) is 0.403. The van der Waals surface area contributed by atoms with E-state index in [2.05, 4.69) is 5.32 Å². The number of aryl methyl sites for hydroxylation is 1. The number of aliphatic carboxylic acids is 1. The van der Waals surface area contributed by atoms with Crippen LogP contribution in [0.1, 0.15) is 42.6 Å². The van der Waals surface area contributed by atoms with E-state index in [0.717, 1.165) is 0 Å². The highest BCUT2D eigenvalue weighted by Crippen LogP contribution is 2.16. The fourth-order valence-electron chi connectivity index (χ4n) is 2.31. The van der Waals surface area contributed by atoms with E-state index in [1.807, 2.05) is 13.8 Å². The van der Waals surface area contributed by atoms with Gasteiger partial charge < -0.3 is 10.4 Å². The second kappa shape index (κ2) is 7.76. The third-order valence-corrected chi connectivity index (χ3v) is 3.26. The van der Waals surface area contributed by atoms with E-state index in [0.29, 0.717) is 17.9 Å². The largest absolute Gasteiger partial charge is 0.481 e. The molecule has 1 rings (SSSR count). The van der Waals surface area contributed by atoms with Crippen molar-refractivity contribution >= 4 is 11.9 Å². The molecule has 116 valence electrons. The predicted molar refractivity (Wildman–Crippen MR) is 78.7 cm³/mol. The maximum Gasteiger partial charge on any atom is 0.303 e. The zero-order valence-corrected chi connectivity index (χ0v) is 12.6. The Kier molecular flexibility index (Phi) is 6.34. The van der Waals surface area contributed by atoms with E-state index < -0.39 is 17.7 Å². The van der Waals surface area contributed by atoms with Gasteiger partial charge in [-0.25, -0.2) is 4.39 Å². The van der Waals surface area contributed by atoms with Crippen LogP contribution in [-0.4, -0.2) is 23.5 Å². The van der Waals surface area contributed by atoms with Crippen LogP contribution in [0, 0.1) is 24.6 Å². The highest BCUT2D eigenvalue weighted by atomic mass is 19.1. The van der Waals surface area contributed by atoms with Crippen molar-refractivity contribution in [2.75, 3.05) is 6.54 Å². The first kappa shape index (κ1) is 17.1. The third kappa shape index (κ3) is 5.53. The number of amides is 1. The van der Waals surface area contributed by atoms with Crippen molar-refractivity contribution in [2.24, 2.45) is 11.8 Å². The van der Waals surface area contributed by atoms with Gasteiger partial charge in [-0.2, -0.15) is 0 Å². The van der Waals surface area contributed by atoms with Crippen molar-refractivity contribution in [3.8, 4) is 0 Å². The van der Waals surface area contributed by atoms with Gasteiger partial charge in [0.15, 0.2) is 0 Å². The summed E-state index contributed by atoms with van der Waals surface area (Å²) in [5, 5.41) is 11.5. The first-order valence-corrected chi connectivity index (χ1v) is 7.06. The van der Waals surface area contributed by atoms with Crippen molar-refractivity contribution in [1.82, 2.24) is 5.32 Å². The quantitative estimate of drug-likeness (QED) is 0.812.